The Hall–Kier alpha value is -0.880. The molecule has 4 nitrogen and oxygen atoms in total. The summed E-state index contributed by atoms with van der Waals surface area (Å²) in [5, 5.41) is 11.2. The maximum atomic E-state index is 12.3. The van der Waals surface area contributed by atoms with Crippen molar-refractivity contribution in [1.82, 2.24) is 4.90 Å². The highest BCUT2D eigenvalue weighted by Crippen LogP contribution is 2.36. The monoisotopic (exact) mass is 345 g/mol. The van der Waals surface area contributed by atoms with Crippen LogP contribution < -0.4 is 0 Å². The van der Waals surface area contributed by atoms with E-state index in [0.717, 1.165) is 4.47 Å². The summed E-state index contributed by atoms with van der Waals surface area (Å²) in [5.74, 6) is -0.739. The van der Waals surface area contributed by atoms with Crippen molar-refractivity contribution in [3.05, 3.63) is 20.8 Å². The third-order valence-electron chi connectivity index (χ3n) is 3.95. The van der Waals surface area contributed by atoms with E-state index in [1.807, 2.05) is 18.4 Å². The van der Waals surface area contributed by atoms with Crippen LogP contribution in [0, 0.1) is 5.41 Å². The molecule has 0 atom stereocenters. The second-order valence-electron chi connectivity index (χ2n) is 4.83. The molecule has 0 unspecified atom stereocenters. The molecular weight excluding hydrogens is 330 g/mol. The van der Waals surface area contributed by atoms with Gasteiger partial charge in [-0.3, -0.25) is 9.59 Å². The van der Waals surface area contributed by atoms with Crippen LogP contribution in [-0.4, -0.2) is 35.0 Å². The maximum Gasteiger partial charge on any atom is 0.309 e. The number of likely N-dealkylation sites (tertiary alicyclic amines) is 1. The van der Waals surface area contributed by atoms with Crippen molar-refractivity contribution < 1.29 is 14.7 Å². The first-order valence-electron chi connectivity index (χ1n) is 6.26. The number of hydrogen-bond donors (Lipinski definition) is 1. The van der Waals surface area contributed by atoms with Gasteiger partial charge < -0.3 is 10.0 Å². The number of carboxylic acids is 1. The van der Waals surface area contributed by atoms with Crippen LogP contribution in [0.2, 0.25) is 0 Å². The fourth-order valence-electron chi connectivity index (χ4n) is 2.45. The van der Waals surface area contributed by atoms with Crippen LogP contribution in [0.1, 0.15) is 35.9 Å². The van der Waals surface area contributed by atoms with Gasteiger partial charge in [0, 0.05) is 17.6 Å². The molecular formula is C13H16BrNO3S. The van der Waals surface area contributed by atoms with Crippen LogP contribution in [0.5, 0.6) is 0 Å². The summed E-state index contributed by atoms with van der Waals surface area (Å²) < 4.78 is 0.813. The van der Waals surface area contributed by atoms with Crippen molar-refractivity contribution in [2.75, 3.05) is 13.1 Å². The Labute approximate surface area is 124 Å². The van der Waals surface area contributed by atoms with Crippen LogP contribution in [-0.2, 0) is 4.79 Å². The van der Waals surface area contributed by atoms with Crippen LogP contribution in [0.15, 0.2) is 15.9 Å². The summed E-state index contributed by atoms with van der Waals surface area (Å²) in [6, 6.07) is 1.86. The lowest BCUT2D eigenvalue weighted by molar-refractivity contribution is -0.152. The minimum absolute atomic E-state index is 0.00281. The van der Waals surface area contributed by atoms with Gasteiger partial charge in [0.15, 0.2) is 0 Å². The SMILES string of the molecule is CCC1(C(=O)O)CCN(C(=O)c2sccc2Br)CC1. The summed E-state index contributed by atoms with van der Waals surface area (Å²) in [4.78, 5) is 26.1. The molecule has 19 heavy (non-hydrogen) atoms. The lowest BCUT2D eigenvalue weighted by Gasteiger charge is -2.38. The van der Waals surface area contributed by atoms with E-state index in [9.17, 15) is 14.7 Å². The highest BCUT2D eigenvalue weighted by atomic mass is 79.9. The number of nitrogens with zero attached hydrogens (tertiary/aromatic N) is 1. The van der Waals surface area contributed by atoms with Gasteiger partial charge in [0.1, 0.15) is 4.88 Å². The third-order valence-corrected chi connectivity index (χ3v) is 5.78. The van der Waals surface area contributed by atoms with E-state index in [-0.39, 0.29) is 5.91 Å². The number of carbonyl (C=O) groups excluding carboxylic acids is 1. The molecule has 1 N–H and O–H groups in total. The van der Waals surface area contributed by atoms with E-state index in [1.54, 1.807) is 4.90 Å². The highest BCUT2D eigenvalue weighted by Gasteiger charge is 2.41. The van der Waals surface area contributed by atoms with Gasteiger partial charge >= 0.3 is 5.97 Å². The quantitative estimate of drug-likeness (QED) is 0.914. The fraction of sp³-hybridized carbons (Fsp3) is 0.538. The number of thiophene rings is 1. The third kappa shape index (κ3) is 2.69. The van der Waals surface area contributed by atoms with Crippen molar-refractivity contribution in [3.63, 3.8) is 0 Å². The van der Waals surface area contributed by atoms with Crippen LogP contribution in [0.4, 0.5) is 0 Å². The molecule has 104 valence electrons. The van der Waals surface area contributed by atoms with Crippen LogP contribution >= 0.6 is 27.3 Å². The molecule has 0 saturated carbocycles. The molecule has 0 aliphatic carbocycles. The molecule has 1 fully saturated rings. The summed E-state index contributed by atoms with van der Waals surface area (Å²) in [5.41, 5.74) is -0.649. The number of rotatable bonds is 3. The van der Waals surface area contributed by atoms with Gasteiger partial charge in [-0.05, 0) is 46.6 Å². The Morgan fingerprint density at radius 2 is 2.11 bits per heavy atom. The number of aliphatic carboxylic acids is 1. The number of carbonyl (C=O) groups is 2. The Morgan fingerprint density at radius 3 is 2.53 bits per heavy atom. The van der Waals surface area contributed by atoms with Gasteiger partial charge in [0.25, 0.3) is 5.91 Å². The van der Waals surface area contributed by atoms with Crippen molar-refractivity contribution in [3.8, 4) is 0 Å². The highest BCUT2D eigenvalue weighted by molar-refractivity contribution is 9.10. The Balaban J connectivity index is 2.06. The zero-order valence-electron chi connectivity index (χ0n) is 10.7. The van der Waals surface area contributed by atoms with Crippen LogP contribution in [0.3, 0.4) is 0 Å². The van der Waals surface area contributed by atoms with E-state index in [4.69, 9.17) is 0 Å². The molecule has 1 aromatic rings. The molecule has 6 heteroatoms. The molecule has 0 aromatic carbocycles. The van der Waals surface area contributed by atoms with Gasteiger partial charge in [0.05, 0.1) is 5.41 Å². The summed E-state index contributed by atoms with van der Waals surface area (Å²) in [6.07, 6.45) is 1.69. The van der Waals surface area contributed by atoms with E-state index >= 15 is 0 Å². The van der Waals surface area contributed by atoms with E-state index in [2.05, 4.69) is 15.9 Å². The topological polar surface area (TPSA) is 57.6 Å². The predicted octanol–water partition coefficient (Wildman–Crippen LogP) is 3.23. The zero-order valence-corrected chi connectivity index (χ0v) is 13.1. The first-order valence-corrected chi connectivity index (χ1v) is 7.93. The minimum Gasteiger partial charge on any atom is -0.481 e. The van der Waals surface area contributed by atoms with Gasteiger partial charge in [-0.15, -0.1) is 11.3 Å². The van der Waals surface area contributed by atoms with Crippen molar-refractivity contribution in [2.24, 2.45) is 5.41 Å². The Kier molecular flexibility index (Phi) is 4.30. The zero-order chi connectivity index (χ0) is 14.0. The normalized spacial score (nSPS) is 18.3. The van der Waals surface area contributed by atoms with E-state index in [0.29, 0.717) is 37.2 Å². The first-order chi connectivity index (χ1) is 9.00. The molecule has 1 amide bonds. The second-order valence-corrected chi connectivity index (χ2v) is 6.60. The van der Waals surface area contributed by atoms with Crippen LogP contribution in [0.25, 0.3) is 0 Å². The molecule has 0 bridgehead atoms. The number of halogens is 1. The Bertz CT molecular complexity index is 492. The molecule has 1 aliphatic rings. The average molecular weight is 346 g/mol. The number of piperidine rings is 1. The predicted molar refractivity (Wildman–Crippen MR) is 77.5 cm³/mol. The molecule has 1 saturated heterocycles. The number of hydrogen-bond acceptors (Lipinski definition) is 3. The second kappa shape index (κ2) is 5.63. The molecule has 0 radical (unpaired) electrons. The van der Waals surface area contributed by atoms with Crippen molar-refractivity contribution in [1.29, 1.82) is 0 Å². The maximum absolute atomic E-state index is 12.3. The molecule has 2 heterocycles. The van der Waals surface area contributed by atoms with E-state index < -0.39 is 11.4 Å². The fourth-order valence-corrected chi connectivity index (χ4v) is 3.95. The molecule has 1 aliphatic heterocycles. The van der Waals surface area contributed by atoms with Gasteiger partial charge in [0.2, 0.25) is 0 Å². The summed E-state index contributed by atoms with van der Waals surface area (Å²) in [7, 11) is 0. The lowest BCUT2D eigenvalue weighted by atomic mass is 9.76. The van der Waals surface area contributed by atoms with Gasteiger partial charge in [-0.25, -0.2) is 0 Å². The molecule has 1 aromatic heterocycles. The largest absolute Gasteiger partial charge is 0.481 e. The van der Waals surface area contributed by atoms with Gasteiger partial charge in [-0.1, -0.05) is 6.92 Å². The minimum atomic E-state index is -0.737. The Morgan fingerprint density at radius 1 is 1.47 bits per heavy atom. The number of carboxylic acid groups (broad SMARTS) is 1. The molecule has 0 spiro atoms. The van der Waals surface area contributed by atoms with Crippen molar-refractivity contribution in [2.45, 2.75) is 26.2 Å². The summed E-state index contributed by atoms with van der Waals surface area (Å²) in [6.45, 7) is 2.94. The summed E-state index contributed by atoms with van der Waals surface area (Å²) >= 11 is 4.77. The van der Waals surface area contributed by atoms with Crippen molar-refractivity contribution >= 4 is 39.1 Å². The van der Waals surface area contributed by atoms with E-state index in [1.165, 1.54) is 11.3 Å². The lowest BCUT2D eigenvalue weighted by Crippen LogP contribution is -2.46. The van der Waals surface area contributed by atoms with Gasteiger partial charge in [-0.2, -0.15) is 0 Å². The molecule has 2 rings (SSSR count). The smallest absolute Gasteiger partial charge is 0.309 e. The first kappa shape index (κ1) is 14.5. The number of amides is 1. The average Bonchev–Trinajstić information content (AvgIpc) is 2.84. The standard InChI is InChI=1S/C13H16BrNO3S/c1-2-13(12(17)18)4-6-15(7-5-13)11(16)10-9(14)3-8-19-10/h3,8H,2,4-7H2,1H3,(H,17,18).